The molecule has 1 aromatic rings. The van der Waals surface area contributed by atoms with Crippen LogP contribution in [0.25, 0.3) is 6.08 Å². The molecule has 0 aliphatic carbocycles. The van der Waals surface area contributed by atoms with Crippen molar-refractivity contribution in [2.24, 2.45) is 0 Å². The van der Waals surface area contributed by atoms with Gasteiger partial charge >= 0.3 is 5.97 Å². The Bertz CT molecular complexity index is 566. The van der Waals surface area contributed by atoms with Gasteiger partial charge in [0.25, 0.3) is 0 Å². The molecule has 1 aromatic carbocycles. The van der Waals surface area contributed by atoms with Crippen LogP contribution in [0.15, 0.2) is 24.3 Å². The number of hydrogen-bond acceptors (Lipinski definition) is 2. The van der Waals surface area contributed by atoms with E-state index in [1.807, 2.05) is 0 Å². The van der Waals surface area contributed by atoms with Gasteiger partial charge in [0.15, 0.2) is 0 Å². The highest BCUT2D eigenvalue weighted by Gasteiger charge is 2.29. The van der Waals surface area contributed by atoms with Crippen LogP contribution < -0.4 is 0 Å². The van der Waals surface area contributed by atoms with E-state index >= 15 is 0 Å². The van der Waals surface area contributed by atoms with Gasteiger partial charge in [-0.3, -0.25) is 9.59 Å². The summed E-state index contributed by atoms with van der Waals surface area (Å²) in [5, 5.41) is 9.80. The summed E-state index contributed by atoms with van der Waals surface area (Å²) in [6.07, 6.45) is 4.49. The molecule has 1 saturated heterocycles. The summed E-state index contributed by atoms with van der Waals surface area (Å²) < 4.78 is 0. The van der Waals surface area contributed by atoms with Crippen LogP contribution in [0.1, 0.15) is 24.8 Å². The van der Waals surface area contributed by atoms with Gasteiger partial charge < -0.3 is 10.0 Å². The molecular weight excluding hydrogens is 313 g/mol. The van der Waals surface area contributed by atoms with E-state index in [0.717, 1.165) is 12.8 Å². The van der Waals surface area contributed by atoms with Gasteiger partial charge in [-0.1, -0.05) is 29.3 Å². The molecule has 1 heterocycles. The summed E-state index contributed by atoms with van der Waals surface area (Å²) in [4.78, 5) is 24.6. The maximum Gasteiger partial charge on any atom is 0.305 e. The molecule has 1 aliphatic rings. The monoisotopic (exact) mass is 327 g/mol. The maximum atomic E-state index is 12.2. The predicted octanol–water partition coefficient (Wildman–Crippen LogP) is 3.47. The fraction of sp³-hybridized carbons (Fsp3) is 0.333. The van der Waals surface area contributed by atoms with E-state index in [2.05, 4.69) is 0 Å². The summed E-state index contributed by atoms with van der Waals surface area (Å²) in [5.74, 6) is -1.10. The van der Waals surface area contributed by atoms with E-state index in [4.69, 9.17) is 28.3 Å². The number of carbonyl (C=O) groups excluding carboxylic acids is 1. The first-order valence-electron chi connectivity index (χ1n) is 6.63. The molecule has 21 heavy (non-hydrogen) atoms. The largest absolute Gasteiger partial charge is 0.481 e. The molecule has 1 N–H and O–H groups in total. The molecule has 0 bridgehead atoms. The zero-order valence-electron chi connectivity index (χ0n) is 11.3. The van der Waals surface area contributed by atoms with Crippen molar-refractivity contribution in [2.45, 2.75) is 25.3 Å². The van der Waals surface area contributed by atoms with Crippen LogP contribution >= 0.6 is 23.2 Å². The van der Waals surface area contributed by atoms with Crippen LogP contribution in [-0.4, -0.2) is 34.5 Å². The Morgan fingerprint density at radius 3 is 2.62 bits per heavy atom. The van der Waals surface area contributed by atoms with Gasteiger partial charge in [-0.2, -0.15) is 0 Å². The molecule has 1 fully saturated rings. The number of hydrogen-bond donors (Lipinski definition) is 1. The number of carbonyl (C=O) groups is 2. The van der Waals surface area contributed by atoms with Crippen molar-refractivity contribution in [2.75, 3.05) is 6.54 Å². The SMILES string of the molecule is O=C(O)CC1CCCN1C(=O)C=Cc1c(Cl)cccc1Cl. The second kappa shape index (κ2) is 6.96. The number of halogens is 2. The lowest BCUT2D eigenvalue weighted by Gasteiger charge is -2.21. The molecule has 1 unspecified atom stereocenters. The Hall–Kier alpha value is -1.52. The van der Waals surface area contributed by atoms with Crippen molar-refractivity contribution in [3.63, 3.8) is 0 Å². The molecule has 1 amide bonds. The summed E-state index contributed by atoms with van der Waals surface area (Å²) in [6, 6.07) is 4.88. The lowest BCUT2D eigenvalue weighted by Crippen LogP contribution is -2.35. The first-order chi connectivity index (χ1) is 9.99. The highest BCUT2D eigenvalue weighted by Crippen LogP contribution is 2.26. The topological polar surface area (TPSA) is 57.6 Å². The Morgan fingerprint density at radius 1 is 1.33 bits per heavy atom. The number of likely N-dealkylation sites (tertiary alicyclic amines) is 1. The Balaban J connectivity index is 2.10. The fourth-order valence-corrected chi connectivity index (χ4v) is 2.98. The molecule has 1 atom stereocenters. The van der Waals surface area contributed by atoms with Crippen molar-refractivity contribution in [1.82, 2.24) is 4.90 Å². The molecule has 0 saturated carbocycles. The highest BCUT2D eigenvalue weighted by molar-refractivity contribution is 6.37. The number of nitrogens with zero attached hydrogens (tertiary/aromatic N) is 1. The Kier molecular flexibility index (Phi) is 5.26. The molecule has 4 nitrogen and oxygen atoms in total. The van der Waals surface area contributed by atoms with Gasteiger partial charge in [-0.15, -0.1) is 0 Å². The van der Waals surface area contributed by atoms with Crippen LogP contribution in [0, 0.1) is 0 Å². The second-order valence-corrected chi connectivity index (χ2v) is 5.71. The van der Waals surface area contributed by atoms with Crippen LogP contribution in [0.2, 0.25) is 10.0 Å². The maximum absolute atomic E-state index is 12.2. The third-order valence-corrected chi connectivity index (χ3v) is 4.12. The fourth-order valence-electron chi connectivity index (χ4n) is 2.46. The van der Waals surface area contributed by atoms with Gasteiger partial charge in [-0.05, 0) is 31.1 Å². The van der Waals surface area contributed by atoms with Crippen molar-refractivity contribution < 1.29 is 14.7 Å². The van der Waals surface area contributed by atoms with Crippen molar-refractivity contribution in [1.29, 1.82) is 0 Å². The van der Waals surface area contributed by atoms with Crippen LogP contribution in [0.3, 0.4) is 0 Å². The van der Waals surface area contributed by atoms with Crippen LogP contribution in [0.5, 0.6) is 0 Å². The summed E-state index contributed by atoms with van der Waals surface area (Å²) in [5.41, 5.74) is 0.586. The number of aliphatic carboxylic acids is 1. The van der Waals surface area contributed by atoms with E-state index in [1.54, 1.807) is 29.2 Å². The standard InChI is InChI=1S/C15H15Cl2NO3/c16-12-4-1-5-13(17)11(12)6-7-14(19)18-8-2-3-10(18)9-15(20)21/h1,4-7,10H,2-3,8-9H2,(H,20,21). The summed E-state index contributed by atoms with van der Waals surface area (Å²) in [6.45, 7) is 0.581. The normalized spacial score (nSPS) is 18.4. The van der Waals surface area contributed by atoms with Gasteiger partial charge in [-0.25, -0.2) is 0 Å². The lowest BCUT2D eigenvalue weighted by atomic mass is 10.1. The second-order valence-electron chi connectivity index (χ2n) is 4.89. The molecular formula is C15H15Cl2NO3. The minimum Gasteiger partial charge on any atom is -0.481 e. The number of rotatable bonds is 4. The molecule has 1 aliphatic heterocycles. The molecule has 6 heteroatoms. The Morgan fingerprint density at radius 2 is 2.00 bits per heavy atom. The van der Waals surface area contributed by atoms with Gasteiger partial charge in [0, 0.05) is 34.3 Å². The minimum absolute atomic E-state index is 0.0214. The third-order valence-electron chi connectivity index (χ3n) is 3.46. The lowest BCUT2D eigenvalue weighted by molar-refractivity contribution is -0.139. The third kappa shape index (κ3) is 3.99. The quantitative estimate of drug-likeness (QED) is 0.861. The average molecular weight is 328 g/mol. The van der Waals surface area contributed by atoms with Gasteiger partial charge in [0.05, 0.1) is 6.42 Å². The first kappa shape index (κ1) is 15.9. The van der Waals surface area contributed by atoms with E-state index in [1.165, 1.54) is 6.08 Å². The zero-order chi connectivity index (χ0) is 15.4. The van der Waals surface area contributed by atoms with Gasteiger partial charge in [0.1, 0.15) is 0 Å². The molecule has 0 radical (unpaired) electrons. The number of amides is 1. The van der Waals surface area contributed by atoms with Crippen molar-refractivity contribution in [3.05, 3.63) is 39.9 Å². The molecule has 0 spiro atoms. The van der Waals surface area contributed by atoms with E-state index < -0.39 is 5.97 Å². The van der Waals surface area contributed by atoms with E-state index in [9.17, 15) is 9.59 Å². The van der Waals surface area contributed by atoms with E-state index in [0.29, 0.717) is 22.2 Å². The van der Waals surface area contributed by atoms with Crippen molar-refractivity contribution in [3.8, 4) is 0 Å². The average Bonchev–Trinajstić information content (AvgIpc) is 2.85. The summed E-state index contributed by atoms with van der Waals surface area (Å²) in [7, 11) is 0. The summed E-state index contributed by atoms with van der Waals surface area (Å²) >= 11 is 12.1. The van der Waals surface area contributed by atoms with Crippen LogP contribution in [0.4, 0.5) is 0 Å². The highest BCUT2D eigenvalue weighted by atomic mass is 35.5. The number of carboxylic acids is 1. The Labute approximate surface area is 133 Å². The smallest absolute Gasteiger partial charge is 0.305 e. The number of benzene rings is 1. The van der Waals surface area contributed by atoms with Crippen molar-refractivity contribution >= 4 is 41.2 Å². The number of carboxylic acid groups (broad SMARTS) is 1. The predicted molar refractivity (Wildman–Crippen MR) is 82.5 cm³/mol. The minimum atomic E-state index is -0.891. The van der Waals surface area contributed by atoms with Gasteiger partial charge in [0.2, 0.25) is 5.91 Å². The molecule has 0 aromatic heterocycles. The molecule has 112 valence electrons. The van der Waals surface area contributed by atoms with E-state index in [-0.39, 0.29) is 18.4 Å². The van der Waals surface area contributed by atoms with Crippen LogP contribution in [-0.2, 0) is 9.59 Å². The molecule has 2 rings (SSSR count). The first-order valence-corrected chi connectivity index (χ1v) is 7.39. The zero-order valence-corrected chi connectivity index (χ0v) is 12.8.